The van der Waals surface area contributed by atoms with Crippen LogP contribution in [0.1, 0.15) is 21.7 Å². The molecular formula is C21H22N4O10. The highest BCUT2D eigenvalue weighted by atomic mass is 16.4. The Morgan fingerprint density at radius 2 is 1.09 bits per heavy atom. The first-order chi connectivity index (χ1) is 16.4. The third-order valence-electron chi connectivity index (χ3n) is 4.40. The van der Waals surface area contributed by atoms with E-state index in [1.165, 1.54) is 24.3 Å². The normalized spacial score (nSPS) is 10.9. The van der Waals surface area contributed by atoms with E-state index in [4.69, 9.17) is 20.4 Å². The molecule has 0 radical (unpaired) electrons. The van der Waals surface area contributed by atoms with E-state index in [1.807, 2.05) is 0 Å². The largest absolute Gasteiger partial charge is 0.480 e. The number of carbonyl (C=O) groups is 5. The fraction of sp³-hybridized carbons (Fsp3) is 0.286. The smallest absolute Gasteiger partial charge is 0.335 e. The molecule has 0 aliphatic rings. The molecule has 0 saturated carbocycles. The van der Waals surface area contributed by atoms with Gasteiger partial charge in [0, 0.05) is 13.1 Å². The van der Waals surface area contributed by atoms with E-state index in [-0.39, 0.29) is 35.7 Å². The SMILES string of the molecule is O=C(O)CN(CC(=O)O)Cc1cccc(-c2cc(C(=O)O)cc(CN(CC(=O)O)CC(=O)O)n2)n1. The molecule has 0 unspecified atom stereocenters. The highest BCUT2D eigenvalue weighted by Crippen LogP contribution is 2.20. The van der Waals surface area contributed by atoms with Gasteiger partial charge in [-0.25, -0.2) is 14.8 Å². The summed E-state index contributed by atoms with van der Waals surface area (Å²) >= 11 is 0. The number of hydrogen-bond donors (Lipinski definition) is 5. The minimum absolute atomic E-state index is 0.0907. The summed E-state index contributed by atoms with van der Waals surface area (Å²) in [6, 6.07) is 7.00. The van der Waals surface area contributed by atoms with Crippen LogP contribution in [0.3, 0.4) is 0 Å². The zero-order chi connectivity index (χ0) is 26.1. The Hall–Kier alpha value is -4.43. The molecule has 0 atom stereocenters. The number of nitrogens with zero attached hydrogens (tertiary/aromatic N) is 4. The third kappa shape index (κ3) is 9.15. The molecule has 35 heavy (non-hydrogen) atoms. The van der Waals surface area contributed by atoms with Crippen LogP contribution >= 0.6 is 0 Å². The predicted molar refractivity (Wildman–Crippen MR) is 116 cm³/mol. The molecule has 2 heterocycles. The molecule has 2 aromatic rings. The first-order valence-corrected chi connectivity index (χ1v) is 9.95. The first-order valence-electron chi connectivity index (χ1n) is 9.95. The van der Waals surface area contributed by atoms with Crippen molar-refractivity contribution in [3.05, 3.63) is 47.3 Å². The topological polar surface area (TPSA) is 219 Å². The van der Waals surface area contributed by atoms with Gasteiger partial charge in [0.05, 0.1) is 54.5 Å². The second-order valence-electron chi connectivity index (χ2n) is 7.42. The Bertz CT molecular complexity index is 1100. The molecule has 2 rings (SSSR count). The van der Waals surface area contributed by atoms with Crippen molar-refractivity contribution >= 4 is 29.8 Å². The highest BCUT2D eigenvalue weighted by molar-refractivity contribution is 5.89. The van der Waals surface area contributed by atoms with Crippen LogP contribution in [0.4, 0.5) is 0 Å². The maximum absolute atomic E-state index is 11.6. The van der Waals surface area contributed by atoms with E-state index >= 15 is 0 Å². The van der Waals surface area contributed by atoms with Gasteiger partial charge in [-0.2, -0.15) is 0 Å². The van der Waals surface area contributed by atoms with E-state index in [1.54, 1.807) is 6.07 Å². The number of carboxylic acids is 5. The van der Waals surface area contributed by atoms with Gasteiger partial charge in [-0.3, -0.25) is 29.0 Å². The molecular weight excluding hydrogens is 468 g/mol. The van der Waals surface area contributed by atoms with Crippen LogP contribution in [-0.4, -0.2) is 101 Å². The number of aromatic nitrogens is 2. The Balaban J connectivity index is 2.40. The monoisotopic (exact) mass is 490 g/mol. The van der Waals surface area contributed by atoms with Crippen molar-refractivity contribution in [3.63, 3.8) is 0 Å². The van der Waals surface area contributed by atoms with Crippen molar-refractivity contribution in [2.45, 2.75) is 13.1 Å². The van der Waals surface area contributed by atoms with Gasteiger partial charge in [0.1, 0.15) is 0 Å². The van der Waals surface area contributed by atoms with E-state index in [0.717, 1.165) is 9.80 Å². The lowest BCUT2D eigenvalue weighted by atomic mass is 10.1. The summed E-state index contributed by atoms with van der Waals surface area (Å²) < 4.78 is 0. The Labute approximate surface area is 197 Å². The van der Waals surface area contributed by atoms with E-state index in [9.17, 15) is 29.1 Å². The van der Waals surface area contributed by atoms with Crippen LogP contribution in [0.15, 0.2) is 30.3 Å². The maximum atomic E-state index is 11.6. The van der Waals surface area contributed by atoms with E-state index in [2.05, 4.69) is 9.97 Å². The predicted octanol–water partition coefficient (Wildman–Crippen LogP) is -0.216. The van der Waals surface area contributed by atoms with Crippen molar-refractivity contribution in [1.82, 2.24) is 19.8 Å². The van der Waals surface area contributed by atoms with Crippen molar-refractivity contribution < 1.29 is 49.5 Å². The standard InChI is InChI=1S/C21H22N4O10/c26-17(27)8-24(9-18(28)29)6-13-2-1-3-15(22-13)16-5-12(21(34)35)4-14(23-16)7-25(10-19(30)31)11-20(32)33/h1-5H,6-11H2,(H,26,27)(H,28,29)(H,30,31)(H,32,33)(H,34,35). The lowest BCUT2D eigenvalue weighted by Crippen LogP contribution is -2.34. The summed E-state index contributed by atoms with van der Waals surface area (Å²) in [5.74, 6) is -6.31. The molecule has 0 saturated heterocycles. The highest BCUT2D eigenvalue weighted by Gasteiger charge is 2.19. The Morgan fingerprint density at radius 1 is 0.629 bits per heavy atom. The summed E-state index contributed by atoms with van der Waals surface area (Å²) in [6.45, 7) is -2.70. The van der Waals surface area contributed by atoms with Gasteiger partial charge in [-0.1, -0.05) is 6.07 Å². The summed E-state index contributed by atoms with van der Waals surface area (Å²) in [5, 5.41) is 45.5. The molecule has 14 heteroatoms. The Morgan fingerprint density at radius 3 is 1.54 bits per heavy atom. The minimum Gasteiger partial charge on any atom is -0.480 e. The van der Waals surface area contributed by atoms with Crippen LogP contribution in [0.2, 0.25) is 0 Å². The van der Waals surface area contributed by atoms with Gasteiger partial charge in [0.25, 0.3) is 0 Å². The molecule has 14 nitrogen and oxygen atoms in total. The molecule has 0 fully saturated rings. The lowest BCUT2D eigenvalue weighted by Gasteiger charge is -2.19. The molecule has 0 spiro atoms. The fourth-order valence-electron chi connectivity index (χ4n) is 3.19. The summed E-state index contributed by atoms with van der Waals surface area (Å²) in [5.41, 5.74) is 0.484. The lowest BCUT2D eigenvalue weighted by molar-refractivity contribution is -0.144. The molecule has 0 aliphatic carbocycles. The van der Waals surface area contributed by atoms with Gasteiger partial charge in [-0.05, 0) is 24.3 Å². The average Bonchev–Trinajstić information content (AvgIpc) is 2.71. The number of carboxylic acid groups (broad SMARTS) is 5. The van der Waals surface area contributed by atoms with Gasteiger partial charge in [-0.15, -0.1) is 0 Å². The number of pyridine rings is 2. The molecule has 0 amide bonds. The minimum atomic E-state index is -1.30. The van der Waals surface area contributed by atoms with Crippen molar-refractivity contribution in [2.75, 3.05) is 26.2 Å². The van der Waals surface area contributed by atoms with Crippen LogP contribution < -0.4 is 0 Å². The van der Waals surface area contributed by atoms with Gasteiger partial charge in [0.15, 0.2) is 0 Å². The zero-order valence-electron chi connectivity index (χ0n) is 18.2. The number of rotatable bonds is 14. The molecule has 0 bridgehead atoms. The number of aromatic carboxylic acids is 1. The van der Waals surface area contributed by atoms with Crippen LogP contribution in [0.5, 0.6) is 0 Å². The second-order valence-corrected chi connectivity index (χ2v) is 7.42. The zero-order valence-corrected chi connectivity index (χ0v) is 18.2. The van der Waals surface area contributed by atoms with Gasteiger partial charge in [0.2, 0.25) is 0 Å². The fourth-order valence-corrected chi connectivity index (χ4v) is 3.19. The average molecular weight is 490 g/mol. The first kappa shape index (κ1) is 26.8. The van der Waals surface area contributed by atoms with E-state index in [0.29, 0.717) is 5.69 Å². The van der Waals surface area contributed by atoms with E-state index < -0.39 is 56.0 Å². The summed E-state index contributed by atoms with van der Waals surface area (Å²) in [7, 11) is 0. The second kappa shape index (κ2) is 12.2. The van der Waals surface area contributed by atoms with Crippen LogP contribution in [0.25, 0.3) is 11.4 Å². The van der Waals surface area contributed by atoms with Crippen LogP contribution in [-0.2, 0) is 32.3 Å². The molecule has 2 aromatic heterocycles. The molecule has 0 aromatic carbocycles. The van der Waals surface area contributed by atoms with Crippen molar-refractivity contribution in [1.29, 1.82) is 0 Å². The maximum Gasteiger partial charge on any atom is 0.335 e. The summed E-state index contributed by atoms with van der Waals surface area (Å²) in [6.07, 6.45) is 0. The van der Waals surface area contributed by atoms with Crippen molar-refractivity contribution in [3.8, 4) is 11.4 Å². The molecule has 186 valence electrons. The molecule has 5 N–H and O–H groups in total. The third-order valence-corrected chi connectivity index (χ3v) is 4.40. The van der Waals surface area contributed by atoms with Gasteiger partial charge >= 0.3 is 29.8 Å². The number of hydrogen-bond acceptors (Lipinski definition) is 9. The molecule has 0 aliphatic heterocycles. The van der Waals surface area contributed by atoms with Crippen molar-refractivity contribution in [2.24, 2.45) is 0 Å². The number of aliphatic carboxylic acids is 4. The summed E-state index contributed by atoms with van der Waals surface area (Å²) in [4.78, 5) is 66.7. The van der Waals surface area contributed by atoms with Gasteiger partial charge < -0.3 is 25.5 Å². The quantitative estimate of drug-likeness (QED) is 0.231. The Kier molecular flexibility index (Phi) is 9.31. The van der Waals surface area contributed by atoms with Crippen LogP contribution in [0, 0.1) is 0 Å².